The van der Waals surface area contributed by atoms with Gasteiger partial charge in [0, 0.05) is 23.2 Å². The monoisotopic (exact) mass is 351 g/mol. The Morgan fingerprint density at radius 3 is 2.54 bits per heavy atom. The molecule has 1 atom stereocenters. The zero-order chi connectivity index (χ0) is 18.8. The van der Waals surface area contributed by atoms with Crippen LogP contribution < -0.4 is 15.7 Å². The van der Waals surface area contributed by atoms with Gasteiger partial charge >= 0.3 is 5.63 Å². The molecule has 0 radical (unpaired) electrons. The molecule has 0 bridgehead atoms. The smallest absolute Gasteiger partial charge is 0.336 e. The minimum Gasteiger partial charge on any atom is -0.481 e. The molecule has 1 aromatic heterocycles. The van der Waals surface area contributed by atoms with Crippen LogP contribution in [0.4, 0.5) is 5.69 Å². The number of hydrogen-bond donors (Lipinski definition) is 1. The van der Waals surface area contributed by atoms with Crippen molar-refractivity contribution in [2.75, 3.05) is 5.32 Å². The number of benzene rings is 2. The first-order valence-corrected chi connectivity index (χ1v) is 8.43. The summed E-state index contributed by atoms with van der Waals surface area (Å²) < 4.78 is 10.9. The van der Waals surface area contributed by atoms with Gasteiger partial charge in [-0.05, 0) is 57.0 Å². The van der Waals surface area contributed by atoms with Gasteiger partial charge < -0.3 is 14.5 Å². The highest BCUT2D eigenvalue weighted by Crippen LogP contribution is 2.23. The SMILES string of the molecule is Cc1ccc(NC(=O)C(C)Oc2ccc3c(C)cc(=O)oc3c2)c(C)c1. The summed E-state index contributed by atoms with van der Waals surface area (Å²) in [6, 6.07) is 12.5. The van der Waals surface area contributed by atoms with Crippen LogP contribution in [0.15, 0.2) is 51.7 Å². The van der Waals surface area contributed by atoms with Crippen molar-refractivity contribution in [1.29, 1.82) is 0 Å². The second-order valence-corrected chi connectivity index (χ2v) is 6.47. The fraction of sp³-hybridized carbons (Fsp3) is 0.238. The number of rotatable bonds is 4. The molecule has 0 spiro atoms. The summed E-state index contributed by atoms with van der Waals surface area (Å²) in [5, 5.41) is 3.71. The fourth-order valence-electron chi connectivity index (χ4n) is 2.82. The van der Waals surface area contributed by atoms with Crippen molar-refractivity contribution < 1.29 is 13.9 Å². The molecular formula is C21H21NO4. The van der Waals surface area contributed by atoms with Crippen LogP contribution in [0.2, 0.25) is 0 Å². The third-order valence-electron chi connectivity index (χ3n) is 4.24. The number of anilines is 1. The number of nitrogens with one attached hydrogen (secondary N) is 1. The number of hydrogen-bond acceptors (Lipinski definition) is 4. The summed E-state index contributed by atoms with van der Waals surface area (Å²) in [5.74, 6) is 0.220. The van der Waals surface area contributed by atoms with Crippen molar-refractivity contribution in [2.24, 2.45) is 0 Å². The second kappa shape index (κ2) is 7.04. The maximum Gasteiger partial charge on any atom is 0.336 e. The van der Waals surface area contributed by atoms with Crippen LogP contribution in [0.25, 0.3) is 11.0 Å². The Morgan fingerprint density at radius 1 is 1.04 bits per heavy atom. The first-order chi connectivity index (χ1) is 12.3. The molecule has 5 heteroatoms. The van der Waals surface area contributed by atoms with Crippen LogP contribution in [0, 0.1) is 20.8 Å². The summed E-state index contributed by atoms with van der Waals surface area (Å²) in [4.78, 5) is 23.9. The standard InChI is InChI=1S/C21H21NO4/c1-12-5-8-18(14(3)9-12)22-21(24)15(4)25-16-6-7-17-13(2)10-20(23)26-19(17)11-16/h5-11,15H,1-4H3,(H,22,24). The van der Waals surface area contributed by atoms with Gasteiger partial charge in [-0.15, -0.1) is 0 Å². The van der Waals surface area contributed by atoms with Crippen LogP contribution in [-0.4, -0.2) is 12.0 Å². The highest BCUT2D eigenvalue weighted by atomic mass is 16.5. The molecule has 0 aliphatic heterocycles. The van der Waals surface area contributed by atoms with E-state index < -0.39 is 11.7 Å². The van der Waals surface area contributed by atoms with Crippen LogP contribution in [0.1, 0.15) is 23.6 Å². The molecule has 0 fully saturated rings. The number of carbonyl (C=O) groups is 1. The van der Waals surface area contributed by atoms with E-state index in [1.807, 2.05) is 45.0 Å². The van der Waals surface area contributed by atoms with Crippen LogP contribution in [0.5, 0.6) is 5.75 Å². The molecule has 2 aromatic carbocycles. The number of aryl methyl sites for hydroxylation is 3. The van der Waals surface area contributed by atoms with Crippen LogP contribution in [-0.2, 0) is 4.79 Å². The highest BCUT2D eigenvalue weighted by Gasteiger charge is 2.16. The maximum atomic E-state index is 12.4. The molecule has 1 amide bonds. The number of ether oxygens (including phenoxy) is 1. The lowest BCUT2D eigenvalue weighted by Crippen LogP contribution is -2.30. The maximum absolute atomic E-state index is 12.4. The van der Waals surface area contributed by atoms with E-state index in [1.54, 1.807) is 19.1 Å². The van der Waals surface area contributed by atoms with Gasteiger partial charge in [0.2, 0.25) is 0 Å². The molecule has 1 heterocycles. The normalized spacial score (nSPS) is 12.0. The Balaban J connectivity index is 1.76. The van der Waals surface area contributed by atoms with Gasteiger partial charge in [0.1, 0.15) is 11.3 Å². The summed E-state index contributed by atoms with van der Waals surface area (Å²) >= 11 is 0. The first-order valence-electron chi connectivity index (χ1n) is 8.43. The number of fused-ring (bicyclic) bond motifs is 1. The zero-order valence-corrected chi connectivity index (χ0v) is 15.3. The van der Waals surface area contributed by atoms with E-state index in [4.69, 9.17) is 9.15 Å². The molecule has 0 aliphatic rings. The predicted octanol–water partition coefficient (Wildman–Crippen LogP) is 4.12. The van der Waals surface area contributed by atoms with Gasteiger partial charge in [0.15, 0.2) is 6.10 Å². The topological polar surface area (TPSA) is 68.5 Å². The lowest BCUT2D eigenvalue weighted by molar-refractivity contribution is -0.122. The Morgan fingerprint density at radius 2 is 1.81 bits per heavy atom. The minimum absolute atomic E-state index is 0.247. The van der Waals surface area contributed by atoms with Crippen molar-refractivity contribution in [2.45, 2.75) is 33.8 Å². The Bertz CT molecular complexity index is 1040. The van der Waals surface area contributed by atoms with Crippen molar-refractivity contribution in [3.05, 3.63) is 69.6 Å². The van der Waals surface area contributed by atoms with Crippen molar-refractivity contribution in [1.82, 2.24) is 0 Å². The third-order valence-corrected chi connectivity index (χ3v) is 4.24. The molecule has 1 N–H and O–H groups in total. The first kappa shape index (κ1) is 17.7. The van der Waals surface area contributed by atoms with Crippen molar-refractivity contribution in [3.8, 4) is 5.75 Å². The minimum atomic E-state index is -0.704. The van der Waals surface area contributed by atoms with Gasteiger partial charge in [-0.25, -0.2) is 4.79 Å². The molecular weight excluding hydrogens is 330 g/mol. The summed E-state index contributed by atoms with van der Waals surface area (Å²) in [7, 11) is 0. The van der Waals surface area contributed by atoms with E-state index in [0.29, 0.717) is 11.3 Å². The van der Waals surface area contributed by atoms with Crippen LogP contribution in [0.3, 0.4) is 0 Å². The Hall–Kier alpha value is -3.08. The van der Waals surface area contributed by atoms with Gasteiger partial charge in [-0.3, -0.25) is 4.79 Å². The van der Waals surface area contributed by atoms with E-state index in [1.165, 1.54) is 6.07 Å². The zero-order valence-electron chi connectivity index (χ0n) is 15.3. The predicted molar refractivity (Wildman–Crippen MR) is 102 cm³/mol. The van der Waals surface area contributed by atoms with E-state index >= 15 is 0 Å². The molecule has 0 saturated heterocycles. The van der Waals surface area contributed by atoms with Gasteiger partial charge in [0.25, 0.3) is 5.91 Å². The van der Waals surface area contributed by atoms with Crippen molar-refractivity contribution in [3.63, 3.8) is 0 Å². The van der Waals surface area contributed by atoms with Crippen LogP contribution >= 0.6 is 0 Å². The van der Waals surface area contributed by atoms with E-state index in [-0.39, 0.29) is 5.91 Å². The number of amides is 1. The number of carbonyl (C=O) groups excluding carboxylic acids is 1. The summed E-state index contributed by atoms with van der Waals surface area (Å²) in [6.07, 6.45) is -0.704. The largest absolute Gasteiger partial charge is 0.481 e. The third kappa shape index (κ3) is 3.77. The van der Waals surface area contributed by atoms with E-state index in [9.17, 15) is 9.59 Å². The average Bonchev–Trinajstić information content (AvgIpc) is 2.56. The van der Waals surface area contributed by atoms with E-state index in [2.05, 4.69) is 5.32 Å². The van der Waals surface area contributed by atoms with Crippen molar-refractivity contribution >= 4 is 22.6 Å². The van der Waals surface area contributed by atoms with Gasteiger partial charge in [0.05, 0.1) is 0 Å². The highest BCUT2D eigenvalue weighted by molar-refractivity contribution is 5.94. The second-order valence-electron chi connectivity index (χ2n) is 6.47. The molecule has 26 heavy (non-hydrogen) atoms. The van der Waals surface area contributed by atoms with Gasteiger partial charge in [-0.2, -0.15) is 0 Å². The Labute approximate surface area is 151 Å². The summed E-state index contributed by atoms with van der Waals surface area (Å²) in [5.41, 5.74) is 3.76. The fourth-order valence-corrected chi connectivity index (χ4v) is 2.82. The molecule has 3 aromatic rings. The lowest BCUT2D eigenvalue weighted by Gasteiger charge is -2.16. The van der Waals surface area contributed by atoms with Gasteiger partial charge in [-0.1, -0.05) is 17.7 Å². The molecule has 5 nitrogen and oxygen atoms in total. The quantitative estimate of drug-likeness (QED) is 0.718. The molecule has 0 saturated carbocycles. The Kier molecular flexibility index (Phi) is 4.80. The molecule has 3 rings (SSSR count). The molecule has 134 valence electrons. The summed E-state index contributed by atoms with van der Waals surface area (Å²) in [6.45, 7) is 7.47. The average molecular weight is 351 g/mol. The molecule has 0 aliphatic carbocycles. The molecule has 1 unspecified atom stereocenters. The lowest BCUT2D eigenvalue weighted by atomic mass is 10.1. The van der Waals surface area contributed by atoms with E-state index in [0.717, 1.165) is 27.8 Å².